The van der Waals surface area contributed by atoms with Gasteiger partial charge >= 0.3 is 6.18 Å². The van der Waals surface area contributed by atoms with Crippen molar-refractivity contribution in [2.24, 2.45) is 11.8 Å². The largest absolute Gasteiger partial charge is 0.389 e. The van der Waals surface area contributed by atoms with Gasteiger partial charge in [-0.15, -0.1) is 0 Å². The summed E-state index contributed by atoms with van der Waals surface area (Å²) in [6.07, 6.45) is -2.67. The van der Waals surface area contributed by atoms with Crippen LogP contribution in [0, 0.1) is 11.8 Å². The highest BCUT2D eigenvalue weighted by molar-refractivity contribution is 5.77. The fourth-order valence-corrected chi connectivity index (χ4v) is 4.67. The number of amides is 2. The van der Waals surface area contributed by atoms with Crippen LogP contribution in [-0.4, -0.2) is 66.8 Å². The second-order valence-electron chi connectivity index (χ2n) is 8.96. The number of rotatable bonds is 9. The van der Waals surface area contributed by atoms with Gasteiger partial charge in [-0.1, -0.05) is 0 Å². The van der Waals surface area contributed by atoms with Crippen LogP contribution < -0.4 is 10.6 Å². The van der Waals surface area contributed by atoms with Gasteiger partial charge in [-0.3, -0.25) is 14.5 Å². The smallest absolute Gasteiger partial charge is 0.376 e. The molecule has 3 fully saturated rings. The highest BCUT2D eigenvalue weighted by atomic mass is 19.4. The number of halogens is 3. The maximum atomic E-state index is 12.5. The molecule has 6 nitrogen and oxygen atoms in total. The molecule has 2 amide bonds. The molecule has 4 atom stereocenters. The van der Waals surface area contributed by atoms with Crippen LogP contribution in [0.1, 0.15) is 52.4 Å². The van der Waals surface area contributed by atoms with Gasteiger partial charge in [-0.2, -0.15) is 13.2 Å². The molecule has 9 heteroatoms. The normalized spacial score (nSPS) is 29.9. The highest BCUT2D eigenvalue weighted by Crippen LogP contribution is 2.42. The van der Waals surface area contributed by atoms with Gasteiger partial charge in [0.2, 0.25) is 11.8 Å². The molecule has 166 valence electrons. The predicted octanol–water partition coefficient (Wildman–Crippen LogP) is 2.23. The van der Waals surface area contributed by atoms with Gasteiger partial charge in [0, 0.05) is 43.4 Å². The van der Waals surface area contributed by atoms with Crippen LogP contribution in [0.5, 0.6) is 0 Å². The van der Waals surface area contributed by atoms with Crippen molar-refractivity contribution in [3.63, 3.8) is 0 Å². The van der Waals surface area contributed by atoms with Crippen LogP contribution in [-0.2, 0) is 14.3 Å². The average Bonchev–Trinajstić information content (AvgIpc) is 3.18. The second kappa shape index (κ2) is 9.20. The van der Waals surface area contributed by atoms with E-state index in [1.165, 1.54) is 0 Å². The number of nitrogens with one attached hydrogen (secondary N) is 2. The first-order valence-electron chi connectivity index (χ1n) is 10.6. The Hall–Kier alpha value is -1.35. The molecule has 0 aromatic heterocycles. The van der Waals surface area contributed by atoms with E-state index >= 15 is 0 Å². The zero-order valence-electron chi connectivity index (χ0n) is 17.1. The Morgan fingerprint density at radius 2 is 1.90 bits per heavy atom. The Morgan fingerprint density at radius 3 is 2.52 bits per heavy atom. The molecule has 0 radical (unpaired) electrons. The Labute approximate surface area is 169 Å². The topological polar surface area (TPSA) is 70.7 Å². The molecule has 29 heavy (non-hydrogen) atoms. The van der Waals surface area contributed by atoms with E-state index < -0.39 is 12.6 Å². The van der Waals surface area contributed by atoms with E-state index in [-0.39, 0.29) is 60.7 Å². The summed E-state index contributed by atoms with van der Waals surface area (Å²) in [7, 11) is 0. The standard InChI is InChI=1S/C20H32F3N3O3/c1-12(2)24-18(28)9-16-19-13(8-17(27)25-14-4-5-14)10-26(15(19)11-29-16)7-3-6-20(21,22)23/h12-16,19H,3-11H2,1-2H3,(H,24,28)(H,25,27)/t13-,15-,16+,19-/m1/s1. The lowest BCUT2D eigenvalue weighted by Crippen LogP contribution is -2.37. The molecule has 3 rings (SSSR count). The molecule has 2 N–H and O–H groups in total. The van der Waals surface area contributed by atoms with Gasteiger partial charge < -0.3 is 15.4 Å². The van der Waals surface area contributed by atoms with Crippen molar-refractivity contribution in [3.8, 4) is 0 Å². The summed E-state index contributed by atoms with van der Waals surface area (Å²) in [5.41, 5.74) is 0. The Kier molecular flexibility index (Phi) is 7.09. The van der Waals surface area contributed by atoms with Crippen LogP contribution in [0.15, 0.2) is 0 Å². The van der Waals surface area contributed by atoms with Gasteiger partial charge in [0.1, 0.15) is 0 Å². The summed E-state index contributed by atoms with van der Waals surface area (Å²) in [6, 6.07) is 0.274. The summed E-state index contributed by atoms with van der Waals surface area (Å²) in [5.74, 6) is -0.124. The molecule has 2 heterocycles. The van der Waals surface area contributed by atoms with E-state index in [4.69, 9.17) is 4.74 Å². The number of likely N-dealkylation sites (tertiary alicyclic amines) is 1. The first-order chi connectivity index (χ1) is 13.6. The van der Waals surface area contributed by atoms with E-state index in [1.807, 2.05) is 18.7 Å². The van der Waals surface area contributed by atoms with Crippen LogP contribution in [0.2, 0.25) is 0 Å². The number of nitrogens with zero attached hydrogens (tertiary/aromatic N) is 1. The third kappa shape index (κ3) is 6.57. The van der Waals surface area contributed by atoms with Crippen molar-refractivity contribution >= 4 is 11.8 Å². The average molecular weight is 419 g/mol. The molecule has 0 bridgehead atoms. The van der Waals surface area contributed by atoms with Crippen molar-refractivity contribution < 1.29 is 27.5 Å². The van der Waals surface area contributed by atoms with Gasteiger partial charge in [-0.25, -0.2) is 0 Å². The van der Waals surface area contributed by atoms with E-state index in [0.29, 0.717) is 26.1 Å². The SMILES string of the molecule is CC(C)NC(=O)C[C@@H]1OC[C@@H]2[C@H]1[C@H](CC(=O)NC1CC1)CN2CCCC(F)(F)F. The van der Waals surface area contributed by atoms with Crippen LogP contribution in [0.3, 0.4) is 0 Å². The van der Waals surface area contributed by atoms with Gasteiger partial charge in [-0.05, 0) is 45.6 Å². The van der Waals surface area contributed by atoms with Crippen LogP contribution >= 0.6 is 0 Å². The summed E-state index contributed by atoms with van der Waals surface area (Å²) >= 11 is 0. The Morgan fingerprint density at radius 1 is 1.17 bits per heavy atom. The van der Waals surface area contributed by atoms with Crippen LogP contribution in [0.25, 0.3) is 0 Å². The van der Waals surface area contributed by atoms with Gasteiger partial charge in [0.05, 0.1) is 19.1 Å². The van der Waals surface area contributed by atoms with E-state index in [1.54, 1.807) is 0 Å². The number of hydrogen-bond donors (Lipinski definition) is 2. The predicted molar refractivity (Wildman–Crippen MR) is 101 cm³/mol. The first-order valence-corrected chi connectivity index (χ1v) is 10.6. The number of hydrogen-bond acceptors (Lipinski definition) is 4. The fourth-order valence-electron chi connectivity index (χ4n) is 4.67. The third-order valence-corrected chi connectivity index (χ3v) is 5.97. The fraction of sp³-hybridized carbons (Fsp3) is 0.900. The molecule has 1 saturated carbocycles. The van der Waals surface area contributed by atoms with Gasteiger partial charge in [0.15, 0.2) is 0 Å². The number of alkyl halides is 3. The van der Waals surface area contributed by atoms with Crippen molar-refractivity contribution in [1.82, 2.24) is 15.5 Å². The molecule has 3 aliphatic rings. The maximum Gasteiger partial charge on any atom is 0.389 e. The molecule has 0 aromatic rings. The third-order valence-electron chi connectivity index (χ3n) is 5.97. The lowest BCUT2D eigenvalue weighted by molar-refractivity contribution is -0.136. The highest BCUT2D eigenvalue weighted by Gasteiger charge is 2.51. The van der Waals surface area contributed by atoms with Crippen molar-refractivity contribution in [1.29, 1.82) is 0 Å². The number of carbonyl (C=O) groups is 2. The minimum Gasteiger partial charge on any atom is -0.376 e. The molecule has 0 unspecified atom stereocenters. The maximum absolute atomic E-state index is 12.5. The van der Waals surface area contributed by atoms with E-state index in [2.05, 4.69) is 10.6 Å². The molecule has 2 aliphatic heterocycles. The zero-order valence-corrected chi connectivity index (χ0v) is 17.1. The molecule has 0 spiro atoms. The molecule has 0 aromatic carbocycles. The second-order valence-corrected chi connectivity index (χ2v) is 8.96. The van der Waals surface area contributed by atoms with Gasteiger partial charge in [0.25, 0.3) is 0 Å². The monoisotopic (exact) mass is 419 g/mol. The molecular weight excluding hydrogens is 387 g/mol. The quantitative estimate of drug-likeness (QED) is 0.601. The molecular formula is C20H32F3N3O3. The number of ether oxygens (including phenoxy) is 1. The summed E-state index contributed by atoms with van der Waals surface area (Å²) in [4.78, 5) is 26.6. The first kappa shape index (κ1) is 22.3. The van der Waals surface area contributed by atoms with Crippen molar-refractivity contribution in [2.45, 2.75) is 82.8 Å². The van der Waals surface area contributed by atoms with Crippen LogP contribution in [0.4, 0.5) is 13.2 Å². The van der Waals surface area contributed by atoms with E-state index in [9.17, 15) is 22.8 Å². The number of carbonyl (C=O) groups excluding carboxylic acids is 2. The summed E-state index contributed by atoms with van der Waals surface area (Å²) < 4.78 is 43.5. The zero-order chi connectivity index (χ0) is 21.2. The summed E-state index contributed by atoms with van der Waals surface area (Å²) in [6.45, 7) is 5.09. The Bertz CT molecular complexity index is 595. The minimum atomic E-state index is -4.16. The van der Waals surface area contributed by atoms with E-state index in [0.717, 1.165) is 12.8 Å². The van der Waals surface area contributed by atoms with Crippen molar-refractivity contribution in [3.05, 3.63) is 0 Å². The van der Waals surface area contributed by atoms with Crippen molar-refractivity contribution in [2.75, 3.05) is 19.7 Å². The number of fused-ring (bicyclic) bond motifs is 1. The minimum absolute atomic E-state index is 0.00864. The summed E-state index contributed by atoms with van der Waals surface area (Å²) in [5, 5.41) is 5.86. The molecule has 1 aliphatic carbocycles. The lowest BCUT2D eigenvalue weighted by atomic mass is 9.84. The Balaban J connectivity index is 1.62. The molecule has 2 saturated heterocycles. The lowest BCUT2D eigenvalue weighted by Gasteiger charge is -2.23.